The second-order valence-electron chi connectivity index (χ2n) is 4.18. The fourth-order valence-corrected chi connectivity index (χ4v) is 1.75. The molecule has 17 heavy (non-hydrogen) atoms. The number of hydrogen-bond acceptors (Lipinski definition) is 3. The van der Waals surface area contributed by atoms with Crippen LogP contribution in [0, 0.1) is 6.92 Å². The van der Waals surface area contributed by atoms with Crippen molar-refractivity contribution in [3.63, 3.8) is 0 Å². The van der Waals surface area contributed by atoms with Crippen molar-refractivity contribution < 1.29 is 14.3 Å². The second kappa shape index (κ2) is 4.99. The molecule has 4 heteroatoms. The van der Waals surface area contributed by atoms with Crippen molar-refractivity contribution in [3.8, 4) is 0 Å². The van der Waals surface area contributed by atoms with E-state index in [2.05, 4.69) is 0 Å². The molecular weight excluding hydrogens is 218 g/mol. The average molecular weight is 233 g/mol. The molecule has 0 atom stereocenters. The lowest BCUT2D eigenvalue weighted by molar-refractivity contribution is 0.0655. The summed E-state index contributed by atoms with van der Waals surface area (Å²) in [6, 6.07) is 7.35. The van der Waals surface area contributed by atoms with Gasteiger partial charge in [0.05, 0.1) is 13.2 Å². The first-order valence-electron chi connectivity index (χ1n) is 5.68. The van der Waals surface area contributed by atoms with Crippen LogP contribution in [0.2, 0.25) is 0 Å². The molecule has 1 saturated heterocycles. The Bertz CT molecular complexity index is 425. The van der Waals surface area contributed by atoms with Gasteiger partial charge in [-0.15, -0.1) is 0 Å². The van der Waals surface area contributed by atoms with E-state index in [-0.39, 0.29) is 12.3 Å². The maximum atomic E-state index is 11.9. The van der Waals surface area contributed by atoms with E-state index in [1.807, 2.05) is 19.1 Å². The van der Waals surface area contributed by atoms with Crippen LogP contribution in [0.25, 0.3) is 0 Å². The fraction of sp³-hybridized carbons (Fsp3) is 0.385. The molecular formula is C13H15NO3. The normalized spacial score (nSPS) is 15.6. The number of ketones is 1. The summed E-state index contributed by atoms with van der Waals surface area (Å²) < 4.78 is 4.88. The minimum absolute atomic E-state index is 0.0520. The van der Waals surface area contributed by atoms with Gasteiger partial charge in [0, 0.05) is 12.1 Å². The molecule has 0 radical (unpaired) electrons. The molecule has 1 amide bonds. The summed E-state index contributed by atoms with van der Waals surface area (Å²) in [6.07, 6.45) is 0.393. The maximum Gasteiger partial charge on any atom is 0.410 e. The van der Waals surface area contributed by atoms with Gasteiger partial charge < -0.3 is 9.64 Å². The van der Waals surface area contributed by atoms with Gasteiger partial charge >= 0.3 is 6.09 Å². The van der Waals surface area contributed by atoms with Crippen molar-refractivity contribution in [1.82, 2.24) is 4.90 Å². The number of ether oxygens (including phenoxy) is 1. The van der Waals surface area contributed by atoms with Crippen molar-refractivity contribution in [2.24, 2.45) is 0 Å². The lowest BCUT2D eigenvalue weighted by Crippen LogP contribution is -2.40. The molecule has 0 aromatic heterocycles. The highest BCUT2D eigenvalue weighted by Crippen LogP contribution is 2.08. The van der Waals surface area contributed by atoms with Crippen LogP contribution < -0.4 is 0 Å². The van der Waals surface area contributed by atoms with Gasteiger partial charge in [-0.25, -0.2) is 4.79 Å². The Hall–Kier alpha value is -1.84. The first-order chi connectivity index (χ1) is 8.16. The van der Waals surface area contributed by atoms with E-state index < -0.39 is 6.09 Å². The van der Waals surface area contributed by atoms with E-state index in [0.717, 1.165) is 12.0 Å². The summed E-state index contributed by atoms with van der Waals surface area (Å²) in [5.74, 6) is -0.0520. The van der Waals surface area contributed by atoms with E-state index in [1.165, 1.54) is 4.90 Å². The number of nitrogens with zero attached hydrogens (tertiary/aromatic N) is 1. The summed E-state index contributed by atoms with van der Waals surface area (Å²) in [5, 5.41) is 0. The first kappa shape index (κ1) is 11.6. The Morgan fingerprint density at radius 1 is 1.35 bits per heavy atom. The number of carbonyl (C=O) groups excluding carboxylic acids is 2. The molecule has 1 aliphatic heterocycles. The third kappa shape index (κ3) is 2.84. The van der Waals surface area contributed by atoms with Crippen molar-refractivity contribution in [3.05, 3.63) is 35.4 Å². The predicted octanol–water partition coefficient (Wildman–Crippen LogP) is 2.02. The van der Waals surface area contributed by atoms with Gasteiger partial charge in [-0.05, 0) is 13.3 Å². The number of hydrogen-bond donors (Lipinski definition) is 0. The molecule has 0 spiro atoms. The Balaban J connectivity index is 2.01. The summed E-state index contributed by atoms with van der Waals surface area (Å²) in [4.78, 5) is 24.7. The van der Waals surface area contributed by atoms with E-state index in [9.17, 15) is 9.59 Å². The molecule has 0 bridgehead atoms. The number of aryl methyl sites for hydroxylation is 1. The van der Waals surface area contributed by atoms with Gasteiger partial charge in [-0.2, -0.15) is 0 Å². The molecule has 1 aromatic rings. The summed E-state index contributed by atoms with van der Waals surface area (Å²) >= 11 is 0. The Labute approximate surface area is 100 Å². The van der Waals surface area contributed by atoms with E-state index >= 15 is 0 Å². The number of cyclic esters (lactones) is 1. The average Bonchev–Trinajstić information content (AvgIpc) is 2.33. The highest BCUT2D eigenvalue weighted by molar-refractivity contribution is 5.98. The number of Topliss-reactive ketones (excluding diaryl/α,β-unsaturated/α-hetero) is 1. The summed E-state index contributed by atoms with van der Waals surface area (Å²) in [7, 11) is 0. The number of benzene rings is 1. The molecule has 1 heterocycles. The van der Waals surface area contributed by atoms with E-state index in [1.54, 1.807) is 12.1 Å². The molecule has 0 aliphatic carbocycles. The van der Waals surface area contributed by atoms with Crippen LogP contribution in [0.1, 0.15) is 22.3 Å². The van der Waals surface area contributed by atoms with Crippen molar-refractivity contribution >= 4 is 11.9 Å². The van der Waals surface area contributed by atoms with Gasteiger partial charge in [0.2, 0.25) is 0 Å². The SMILES string of the molecule is Cc1ccc(C(=O)CN2CCCOC2=O)cc1. The number of amides is 1. The molecule has 0 saturated carbocycles. The van der Waals surface area contributed by atoms with Crippen molar-refractivity contribution in [2.45, 2.75) is 13.3 Å². The second-order valence-corrected chi connectivity index (χ2v) is 4.18. The Kier molecular flexibility index (Phi) is 3.42. The summed E-state index contributed by atoms with van der Waals surface area (Å²) in [5.41, 5.74) is 1.74. The third-order valence-corrected chi connectivity index (χ3v) is 2.76. The van der Waals surface area contributed by atoms with Crippen LogP contribution >= 0.6 is 0 Å². The topological polar surface area (TPSA) is 46.6 Å². The van der Waals surface area contributed by atoms with Crippen LogP contribution in [0.15, 0.2) is 24.3 Å². The quantitative estimate of drug-likeness (QED) is 0.750. The predicted molar refractivity (Wildman–Crippen MR) is 63.0 cm³/mol. The first-order valence-corrected chi connectivity index (χ1v) is 5.68. The monoisotopic (exact) mass is 233 g/mol. The van der Waals surface area contributed by atoms with Crippen LogP contribution in [0.4, 0.5) is 4.79 Å². The van der Waals surface area contributed by atoms with Gasteiger partial charge in [0.15, 0.2) is 5.78 Å². The van der Waals surface area contributed by atoms with Crippen molar-refractivity contribution in [1.29, 1.82) is 0 Å². The van der Waals surface area contributed by atoms with Crippen molar-refractivity contribution in [2.75, 3.05) is 19.7 Å². The highest BCUT2D eigenvalue weighted by atomic mass is 16.6. The molecule has 1 aromatic carbocycles. The van der Waals surface area contributed by atoms with Crippen LogP contribution in [-0.2, 0) is 4.74 Å². The Morgan fingerprint density at radius 3 is 2.71 bits per heavy atom. The zero-order chi connectivity index (χ0) is 12.3. The van der Waals surface area contributed by atoms with Crippen LogP contribution in [0.3, 0.4) is 0 Å². The third-order valence-electron chi connectivity index (χ3n) is 2.76. The molecule has 1 fully saturated rings. The largest absolute Gasteiger partial charge is 0.449 e. The standard InChI is InChI=1S/C13H15NO3/c1-10-3-5-11(6-4-10)12(15)9-14-7-2-8-17-13(14)16/h3-6H,2,7-9H2,1H3. The molecule has 90 valence electrons. The highest BCUT2D eigenvalue weighted by Gasteiger charge is 2.22. The molecule has 4 nitrogen and oxygen atoms in total. The smallest absolute Gasteiger partial charge is 0.410 e. The maximum absolute atomic E-state index is 11.9. The zero-order valence-corrected chi connectivity index (χ0v) is 9.81. The summed E-state index contributed by atoms with van der Waals surface area (Å²) in [6.45, 7) is 3.11. The van der Waals surface area contributed by atoms with Gasteiger partial charge in [0.1, 0.15) is 0 Å². The minimum atomic E-state index is -0.392. The molecule has 1 aliphatic rings. The molecule has 0 unspecified atom stereocenters. The van der Waals surface area contributed by atoms with Crippen LogP contribution in [0.5, 0.6) is 0 Å². The lowest BCUT2D eigenvalue weighted by Gasteiger charge is -2.25. The molecule has 2 rings (SSSR count). The van der Waals surface area contributed by atoms with E-state index in [4.69, 9.17) is 4.74 Å². The van der Waals surface area contributed by atoms with E-state index in [0.29, 0.717) is 18.7 Å². The van der Waals surface area contributed by atoms with Gasteiger partial charge in [-0.3, -0.25) is 4.79 Å². The van der Waals surface area contributed by atoms with Gasteiger partial charge in [-0.1, -0.05) is 29.8 Å². The Morgan fingerprint density at radius 2 is 2.06 bits per heavy atom. The van der Waals surface area contributed by atoms with Crippen LogP contribution in [-0.4, -0.2) is 36.5 Å². The zero-order valence-electron chi connectivity index (χ0n) is 9.81. The van der Waals surface area contributed by atoms with Gasteiger partial charge in [0.25, 0.3) is 0 Å². The lowest BCUT2D eigenvalue weighted by atomic mass is 10.1. The molecule has 0 N–H and O–H groups in total. The fourth-order valence-electron chi connectivity index (χ4n) is 1.75. The number of carbonyl (C=O) groups is 2. The minimum Gasteiger partial charge on any atom is -0.449 e. The number of rotatable bonds is 3.